The molecule has 0 aromatic heterocycles. The maximum absolute atomic E-state index is 12.0. The van der Waals surface area contributed by atoms with Crippen LogP contribution in [0.1, 0.15) is 16.7 Å². The molecular formula is C25H22ClN3O6. The molecular weight excluding hydrogens is 474 g/mol. The van der Waals surface area contributed by atoms with E-state index in [1.165, 1.54) is 13.3 Å². The fourth-order valence-corrected chi connectivity index (χ4v) is 3.28. The number of hydrazone groups is 1. The highest BCUT2D eigenvalue weighted by Gasteiger charge is 2.15. The second-order valence-electron chi connectivity index (χ2n) is 7.39. The smallest absolute Gasteiger partial charge is 0.329 e. The van der Waals surface area contributed by atoms with Gasteiger partial charge in [-0.25, -0.2) is 5.43 Å². The molecule has 1 heterocycles. The number of ether oxygens (including phenoxy) is 4. The van der Waals surface area contributed by atoms with Gasteiger partial charge in [-0.05, 0) is 59.2 Å². The average molecular weight is 496 g/mol. The Labute approximate surface area is 206 Å². The van der Waals surface area contributed by atoms with E-state index < -0.39 is 11.8 Å². The SMILES string of the molecule is COc1cc(/C=N\NC(=O)C(=O)NCc2ccc3c(c2)OCO3)ccc1OCc1ccc(Cl)cc1. The Morgan fingerprint density at radius 1 is 0.971 bits per heavy atom. The Morgan fingerprint density at radius 2 is 1.74 bits per heavy atom. The lowest BCUT2D eigenvalue weighted by Gasteiger charge is -2.11. The van der Waals surface area contributed by atoms with Crippen molar-refractivity contribution in [3.05, 3.63) is 82.4 Å². The second kappa shape index (κ2) is 11.3. The molecule has 0 saturated heterocycles. The summed E-state index contributed by atoms with van der Waals surface area (Å²) in [6, 6.07) is 17.8. The molecule has 0 fully saturated rings. The number of methoxy groups -OCH3 is 1. The molecule has 0 bridgehead atoms. The number of rotatable bonds is 8. The van der Waals surface area contributed by atoms with Gasteiger partial charge in [0.1, 0.15) is 6.61 Å². The van der Waals surface area contributed by atoms with E-state index in [-0.39, 0.29) is 13.3 Å². The number of carbonyl (C=O) groups excluding carboxylic acids is 2. The van der Waals surface area contributed by atoms with Gasteiger partial charge in [-0.2, -0.15) is 5.10 Å². The zero-order chi connectivity index (χ0) is 24.6. The summed E-state index contributed by atoms with van der Waals surface area (Å²) in [5.41, 5.74) is 4.57. The van der Waals surface area contributed by atoms with Crippen LogP contribution in [0.4, 0.5) is 0 Å². The Kier molecular flexibility index (Phi) is 7.69. The Bertz CT molecular complexity index is 1250. The van der Waals surface area contributed by atoms with Crippen LogP contribution in [-0.4, -0.2) is 31.9 Å². The molecule has 0 unspecified atom stereocenters. The van der Waals surface area contributed by atoms with Gasteiger partial charge in [0, 0.05) is 11.6 Å². The van der Waals surface area contributed by atoms with Crippen molar-refractivity contribution in [2.45, 2.75) is 13.2 Å². The predicted molar refractivity (Wildman–Crippen MR) is 129 cm³/mol. The summed E-state index contributed by atoms with van der Waals surface area (Å²) in [5, 5.41) is 7.03. The number of hydrogen-bond acceptors (Lipinski definition) is 7. The summed E-state index contributed by atoms with van der Waals surface area (Å²) in [4.78, 5) is 24.1. The molecule has 0 saturated carbocycles. The van der Waals surface area contributed by atoms with E-state index in [1.54, 1.807) is 48.5 Å². The van der Waals surface area contributed by atoms with Gasteiger partial charge in [0.15, 0.2) is 23.0 Å². The van der Waals surface area contributed by atoms with Crippen LogP contribution in [0, 0.1) is 0 Å². The summed E-state index contributed by atoms with van der Waals surface area (Å²) < 4.78 is 21.7. The van der Waals surface area contributed by atoms with Crippen LogP contribution in [0.25, 0.3) is 0 Å². The number of carbonyl (C=O) groups is 2. The first kappa shape index (κ1) is 23.9. The normalized spacial score (nSPS) is 11.8. The molecule has 4 rings (SSSR count). The zero-order valence-corrected chi connectivity index (χ0v) is 19.5. The van der Waals surface area contributed by atoms with Gasteiger partial charge in [0.2, 0.25) is 6.79 Å². The minimum absolute atomic E-state index is 0.154. The molecule has 10 heteroatoms. The lowest BCUT2D eigenvalue weighted by atomic mass is 10.2. The largest absolute Gasteiger partial charge is 0.493 e. The monoisotopic (exact) mass is 495 g/mol. The molecule has 1 aliphatic heterocycles. The minimum Gasteiger partial charge on any atom is -0.493 e. The maximum Gasteiger partial charge on any atom is 0.329 e. The van der Waals surface area contributed by atoms with Crippen molar-refractivity contribution < 1.29 is 28.5 Å². The molecule has 0 aliphatic carbocycles. The van der Waals surface area contributed by atoms with E-state index in [1.807, 2.05) is 12.1 Å². The van der Waals surface area contributed by atoms with Crippen molar-refractivity contribution in [3.63, 3.8) is 0 Å². The molecule has 2 amide bonds. The van der Waals surface area contributed by atoms with Crippen molar-refractivity contribution in [2.75, 3.05) is 13.9 Å². The first-order chi connectivity index (χ1) is 17.0. The Hall–Kier alpha value is -4.24. The number of amides is 2. The van der Waals surface area contributed by atoms with Crippen molar-refractivity contribution in [2.24, 2.45) is 5.10 Å². The minimum atomic E-state index is -0.892. The lowest BCUT2D eigenvalue weighted by molar-refractivity contribution is -0.139. The van der Waals surface area contributed by atoms with E-state index in [0.29, 0.717) is 40.2 Å². The van der Waals surface area contributed by atoms with Crippen LogP contribution in [0.3, 0.4) is 0 Å². The van der Waals surface area contributed by atoms with Crippen molar-refractivity contribution in [3.8, 4) is 23.0 Å². The molecule has 3 aromatic rings. The van der Waals surface area contributed by atoms with E-state index >= 15 is 0 Å². The van der Waals surface area contributed by atoms with Crippen LogP contribution in [0.2, 0.25) is 5.02 Å². The first-order valence-electron chi connectivity index (χ1n) is 10.6. The summed E-state index contributed by atoms with van der Waals surface area (Å²) in [6.07, 6.45) is 1.40. The molecule has 9 nitrogen and oxygen atoms in total. The van der Waals surface area contributed by atoms with Crippen LogP contribution < -0.4 is 29.7 Å². The molecule has 0 radical (unpaired) electrons. The fourth-order valence-electron chi connectivity index (χ4n) is 3.16. The number of halogens is 1. The zero-order valence-electron chi connectivity index (χ0n) is 18.7. The van der Waals surface area contributed by atoms with Gasteiger partial charge < -0.3 is 24.3 Å². The van der Waals surface area contributed by atoms with E-state index in [9.17, 15) is 9.59 Å². The number of fused-ring (bicyclic) bond motifs is 1. The molecule has 3 aromatic carbocycles. The Balaban J connectivity index is 1.27. The molecule has 0 spiro atoms. The third-order valence-corrected chi connectivity index (χ3v) is 5.22. The quantitative estimate of drug-likeness (QED) is 0.282. The van der Waals surface area contributed by atoms with Gasteiger partial charge in [-0.1, -0.05) is 29.8 Å². The van der Waals surface area contributed by atoms with E-state index in [4.69, 9.17) is 30.5 Å². The molecule has 35 heavy (non-hydrogen) atoms. The highest BCUT2D eigenvalue weighted by Crippen LogP contribution is 2.32. The van der Waals surface area contributed by atoms with Gasteiger partial charge in [-0.15, -0.1) is 0 Å². The van der Waals surface area contributed by atoms with Gasteiger partial charge >= 0.3 is 11.8 Å². The average Bonchev–Trinajstić information content (AvgIpc) is 3.35. The first-order valence-corrected chi connectivity index (χ1v) is 10.9. The number of nitrogens with zero attached hydrogens (tertiary/aromatic N) is 1. The number of nitrogens with one attached hydrogen (secondary N) is 2. The molecule has 180 valence electrons. The van der Waals surface area contributed by atoms with E-state index in [2.05, 4.69) is 15.8 Å². The van der Waals surface area contributed by atoms with E-state index in [0.717, 1.165) is 11.1 Å². The highest BCUT2D eigenvalue weighted by atomic mass is 35.5. The topological polar surface area (TPSA) is 107 Å². The second-order valence-corrected chi connectivity index (χ2v) is 7.83. The summed E-state index contributed by atoms with van der Waals surface area (Å²) in [6.45, 7) is 0.663. The summed E-state index contributed by atoms with van der Waals surface area (Å²) in [7, 11) is 1.53. The highest BCUT2D eigenvalue weighted by molar-refractivity contribution is 6.35. The third-order valence-electron chi connectivity index (χ3n) is 4.97. The fraction of sp³-hybridized carbons (Fsp3) is 0.160. The molecule has 0 atom stereocenters. The number of hydrogen-bond donors (Lipinski definition) is 2. The number of benzene rings is 3. The molecule has 1 aliphatic rings. The van der Waals surface area contributed by atoms with Crippen molar-refractivity contribution in [1.29, 1.82) is 0 Å². The Morgan fingerprint density at radius 3 is 2.54 bits per heavy atom. The van der Waals surface area contributed by atoms with Crippen molar-refractivity contribution >= 4 is 29.6 Å². The van der Waals surface area contributed by atoms with Crippen LogP contribution >= 0.6 is 11.6 Å². The lowest BCUT2D eigenvalue weighted by Crippen LogP contribution is -2.37. The van der Waals surface area contributed by atoms with Crippen molar-refractivity contribution in [1.82, 2.24) is 10.7 Å². The van der Waals surface area contributed by atoms with Gasteiger partial charge in [0.25, 0.3) is 0 Å². The molecule has 2 N–H and O–H groups in total. The van der Waals surface area contributed by atoms with Crippen LogP contribution in [0.5, 0.6) is 23.0 Å². The van der Waals surface area contributed by atoms with Crippen LogP contribution in [-0.2, 0) is 22.7 Å². The standard InChI is InChI=1S/C25H22ClN3O6/c1-32-22-10-18(5-8-20(22)33-14-16-2-6-19(26)7-3-16)13-28-29-25(31)24(30)27-12-17-4-9-21-23(11-17)35-15-34-21/h2-11,13H,12,14-15H2,1H3,(H,27,30)(H,29,31)/b28-13-. The predicted octanol–water partition coefficient (Wildman–Crippen LogP) is 3.42. The third kappa shape index (κ3) is 6.42. The maximum atomic E-state index is 12.0. The van der Waals surface area contributed by atoms with Crippen LogP contribution in [0.15, 0.2) is 65.8 Å². The summed E-state index contributed by atoms with van der Waals surface area (Å²) in [5.74, 6) is 0.579. The van der Waals surface area contributed by atoms with Gasteiger partial charge in [0.05, 0.1) is 13.3 Å². The van der Waals surface area contributed by atoms with Gasteiger partial charge in [-0.3, -0.25) is 9.59 Å². The summed E-state index contributed by atoms with van der Waals surface area (Å²) >= 11 is 5.90.